The molecule has 1 rings (SSSR count). The first-order chi connectivity index (χ1) is 13.6. The van der Waals surface area contributed by atoms with Crippen LogP contribution in [-0.2, 0) is 0 Å². The van der Waals surface area contributed by atoms with Crippen molar-refractivity contribution < 1.29 is 76.5 Å². The van der Waals surface area contributed by atoms with Gasteiger partial charge < -0.3 is 14.6 Å². The molecule has 0 saturated heterocycles. The zero-order chi connectivity index (χ0) is 24.8. The fourth-order valence-electron chi connectivity index (χ4n) is 1.84. The van der Waals surface area contributed by atoms with Gasteiger partial charge in [0.1, 0.15) is 0 Å². The number of rotatable bonds is 8. The van der Waals surface area contributed by atoms with E-state index in [0.717, 1.165) is 0 Å². The van der Waals surface area contributed by atoms with Crippen LogP contribution in [0, 0.1) is 0 Å². The summed E-state index contributed by atoms with van der Waals surface area (Å²) in [6.45, 7) is 0. The quantitative estimate of drug-likeness (QED) is 0.496. The van der Waals surface area contributed by atoms with Gasteiger partial charge in [-0.05, 0) is 18.2 Å². The van der Waals surface area contributed by atoms with E-state index in [4.69, 9.17) is 5.11 Å². The van der Waals surface area contributed by atoms with Crippen LogP contribution in [0.2, 0.25) is 0 Å². The van der Waals surface area contributed by atoms with Gasteiger partial charge in [-0.1, -0.05) is 0 Å². The van der Waals surface area contributed by atoms with E-state index in [1.165, 1.54) is 0 Å². The Morgan fingerprint density at radius 1 is 0.742 bits per heavy atom. The minimum absolute atomic E-state index is 0.118. The number of hydrogen-bond acceptors (Lipinski definition) is 3. The molecule has 31 heavy (non-hydrogen) atoms. The molecule has 1 N–H and O–H groups in total. The molecular formula is C14H7F13O4. The molecule has 0 saturated carbocycles. The Hall–Kier alpha value is -2.62. The molecule has 0 aromatic heterocycles. The molecule has 0 aliphatic carbocycles. The number of methoxy groups -OCH3 is 1. The predicted octanol–water partition coefficient (Wildman–Crippen LogP) is 5.47. The van der Waals surface area contributed by atoms with Gasteiger partial charge in [-0.15, -0.1) is 0 Å². The lowest BCUT2D eigenvalue weighted by Crippen LogP contribution is -2.70. The third-order valence-electron chi connectivity index (χ3n) is 3.55. The standard InChI is InChI=1S/C14H7F13O4/c1-30-7-4-5(8(28)29)2-3-6(7)31-14(26,27)12(21,22)10(17,18)9(15,16)11(19,20)13(23,24)25/h2-4H,1H3,(H,28,29). The van der Waals surface area contributed by atoms with E-state index >= 15 is 0 Å². The van der Waals surface area contributed by atoms with Crippen molar-refractivity contribution in [1.29, 1.82) is 0 Å². The van der Waals surface area contributed by atoms with Gasteiger partial charge in [0.2, 0.25) is 0 Å². The van der Waals surface area contributed by atoms with Crippen LogP contribution in [0.3, 0.4) is 0 Å². The molecule has 0 aliphatic rings. The van der Waals surface area contributed by atoms with E-state index in [0.29, 0.717) is 19.2 Å². The SMILES string of the molecule is COc1cc(C(=O)O)ccc1OC(F)(F)C(F)(F)C(F)(F)C(F)(F)C(F)(F)C(F)(F)F. The van der Waals surface area contributed by atoms with Gasteiger partial charge in [0.25, 0.3) is 0 Å². The summed E-state index contributed by atoms with van der Waals surface area (Å²) >= 11 is 0. The minimum atomic E-state index is -8.06. The van der Waals surface area contributed by atoms with E-state index in [1.807, 2.05) is 0 Å². The lowest BCUT2D eigenvalue weighted by atomic mass is 9.97. The summed E-state index contributed by atoms with van der Waals surface area (Å²) in [6, 6.07) is 0.822. The highest BCUT2D eigenvalue weighted by molar-refractivity contribution is 5.88. The summed E-state index contributed by atoms with van der Waals surface area (Å²) in [6.07, 6.45) is -14.4. The van der Waals surface area contributed by atoms with Gasteiger partial charge in [0, 0.05) is 0 Å². The van der Waals surface area contributed by atoms with Crippen LogP contribution in [0.15, 0.2) is 18.2 Å². The first-order valence-electron chi connectivity index (χ1n) is 7.14. The number of carbonyl (C=O) groups is 1. The Morgan fingerprint density at radius 2 is 1.19 bits per heavy atom. The third-order valence-corrected chi connectivity index (χ3v) is 3.55. The molecule has 0 spiro atoms. The van der Waals surface area contributed by atoms with Gasteiger partial charge >= 0.3 is 41.9 Å². The Morgan fingerprint density at radius 3 is 1.58 bits per heavy atom. The van der Waals surface area contributed by atoms with E-state index in [9.17, 15) is 61.9 Å². The number of carboxylic acid groups (broad SMARTS) is 1. The van der Waals surface area contributed by atoms with Crippen LogP contribution in [0.25, 0.3) is 0 Å². The molecule has 0 aliphatic heterocycles. The summed E-state index contributed by atoms with van der Waals surface area (Å²) in [5.41, 5.74) is -0.749. The van der Waals surface area contributed by atoms with E-state index in [2.05, 4.69) is 9.47 Å². The van der Waals surface area contributed by atoms with Crippen molar-refractivity contribution in [1.82, 2.24) is 0 Å². The van der Waals surface area contributed by atoms with Crippen LogP contribution in [0.1, 0.15) is 10.4 Å². The molecule has 1 aromatic rings. The number of hydrogen-bond donors (Lipinski definition) is 1. The predicted molar refractivity (Wildman–Crippen MR) is 71.4 cm³/mol. The number of carboxylic acids is 1. The molecular weight excluding hydrogens is 479 g/mol. The number of alkyl halides is 13. The highest BCUT2D eigenvalue weighted by atomic mass is 19.4. The van der Waals surface area contributed by atoms with E-state index in [-0.39, 0.29) is 6.07 Å². The molecule has 1 aromatic carbocycles. The third kappa shape index (κ3) is 4.00. The maximum Gasteiger partial charge on any atom is 0.471 e. The van der Waals surface area contributed by atoms with Crippen LogP contribution in [0.4, 0.5) is 57.1 Å². The lowest BCUT2D eigenvalue weighted by Gasteiger charge is -2.39. The van der Waals surface area contributed by atoms with Crippen LogP contribution < -0.4 is 9.47 Å². The largest absolute Gasteiger partial charge is 0.493 e. The Bertz CT molecular complexity index is 832. The summed E-state index contributed by atoms with van der Waals surface area (Å²) in [4.78, 5) is 10.7. The van der Waals surface area contributed by atoms with Gasteiger partial charge in [-0.2, -0.15) is 57.1 Å². The lowest BCUT2D eigenvalue weighted by molar-refractivity contribution is -0.456. The summed E-state index contributed by atoms with van der Waals surface area (Å²) < 4.78 is 177. The average Bonchev–Trinajstić information content (AvgIpc) is 2.59. The minimum Gasteiger partial charge on any atom is -0.493 e. The van der Waals surface area contributed by atoms with Crippen molar-refractivity contribution in [3.63, 3.8) is 0 Å². The first kappa shape index (κ1) is 26.4. The maximum absolute atomic E-state index is 13.7. The second-order valence-corrected chi connectivity index (χ2v) is 5.58. The number of halogens is 13. The Balaban J connectivity index is 3.49. The van der Waals surface area contributed by atoms with Crippen molar-refractivity contribution in [2.24, 2.45) is 0 Å². The molecule has 0 radical (unpaired) electrons. The van der Waals surface area contributed by atoms with Gasteiger partial charge in [-0.25, -0.2) is 4.79 Å². The fraction of sp³-hybridized carbons (Fsp3) is 0.500. The van der Waals surface area contributed by atoms with Crippen LogP contribution in [0.5, 0.6) is 11.5 Å². The second kappa shape index (κ2) is 7.51. The molecule has 0 heterocycles. The summed E-state index contributed by atoms with van der Waals surface area (Å²) in [5, 5.41) is 8.69. The molecule has 0 fully saturated rings. The average molecular weight is 486 g/mol. The van der Waals surface area contributed by atoms with Crippen LogP contribution in [-0.4, -0.2) is 54.2 Å². The Kier molecular flexibility index (Phi) is 6.40. The highest BCUT2D eigenvalue weighted by Crippen LogP contribution is 2.60. The number of benzene rings is 1. The second-order valence-electron chi connectivity index (χ2n) is 5.58. The Labute approximate surface area is 162 Å². The molecule has 0 amide bonds. The fourth-order valence-corrected chi connectivity index (χ4v) is 1.84. The summed E-state index contributed by atoms with van der Waals surface area (Å²) in [5.74, 6) is -36.1. The number of aromatic carboxylic acids is 1. The van der Waals surface area contributed by atoms with Crippen molar-refractivity contribution in [3.8, 4) is 11.5 Å². The van der Waals surface area contributed by atoms with Crippen molar-refractivity contribution >= 4 is 5.97 Å². The molecule has 17 heteroatoms. The van der Waals surface area contributed by atoms with Crippen LogP contribution >= 0.6 is 0 Å². The first-order valence-corrected chi connectivity index (χ1v) is 7.14. The van der Waals surface area contributed by atoms with Gasteiger partial charge in [0.15, 0.2) is 11.5 Å². The monoisotopic (exact) mass is 486 g/mol. The van der Waals surface area contributed by atoms with E-state index in [1.54, 1.807) is 0 Å². The normalized spacial score (nSPS) is 14.4. The smallest absolute Gasteiger partial charge is 0.471 e. The summed E-state index contributed by atoms with van der Waals surface area (Å²) in [7, 11) is 0.608. The van der Waals surface area contributed by atoms with Gasteiger partial charge in [-0.3, -0.25) is 0 Å². The highest BCUT2D eigenvalue weighted by Gasteiger charge is 2.91. The van der Waals surface area contributed by atoms with E-state index < -0.39 is 59.0 Å². The molecule has 0 bridgehead atoms. The zero-order valence-electron chi connectivity index (χ0n) is 14.3. The molecule has 0 unspecified atom stereocenters. The van der Waals surface area contributed by atoms with Crippen molar-refractivity contribution in [3.05, 3.63) is 23.8 Å². The maximum atomic E-state index is 13.7. The van der Waals surface area contributed by atoms with Gasteiger partial charge in [0.05, 0.1) is 12.7 Å². The number of ether oxygens (including phenoxy) is 2. The van der Waals surface area contributed by atoms with Crippen molar-refractivity contribution in [2.75, 3.05) is 7.11 Å². The zero-order valence-corrected chi connectivity index (χ0v) is 14.3. The molecule has 4 nitrogen and oxygen atoms in total. The molecule has 0 atom stereocenters. The topological polar surface area (TPSA) is 55.8 Å². The van der Waals surface area contributed by atoms with Crippen molar-refractivity contribution in [2.45, 2.75) is 36.0 Å². The molecule has 178 valence electrons.